The molecule has 12 heavy (non-hydrogen) atoms. The number of Topliss-reactive ketones (excluding diaryl/α,β-unsaturated/α-hetero) is 1. The fourth-order valence-electron chi connectivity index (χ4n) is 3.90. The van der Waals surface area contributed by atoms with Crippen LogP contribution in [0.1, 0.15) is 20.3 Å². The molecule has 1 heteroatoms. The van der Waals surface area contributed by atoms with Crippen LogP contribution in [0.15, 0.2) is 12.2 Å². The van der Waals surface area contributed by atoms with Crippen molar-refractivity contribution in [2.45, 2.75) is 20.3 Å². The van der Waals surface area contributed by atoms with Gasteiger partial charge in [-0.15, -0.1) is 0 Å². The number of ketones is 1. The zero-order valence-corrected chi connectivity index (χ0v) is 7.58. The Morgan fingerprint density at radius 2 is 2.25 bits per heavy atom. The third kappa shape index (κ3) is 0.502. The van der Waals surface area contributed by atoms with E-state index in [2.05, 4.69) is 19.1 Å². The van der Waals surface area contributed by atoms with Crippen molar-refractivity contribution in [1.29, 1.82) is 0 Å². The van der Waals surface area contributed by atoms with Gasteiger partial charge in [0.1, 0.15) is 5.78 Å². The van der Waals surface area contributed by atoms with Crippen LogP contribution >= 0.6 is 0 Å². The Hall–Kier alpha value is -0.590. The molecule has 0 N–H and O–H groups in total. The summed E-state index contributed by atoms with van der Waals surface area (Å²) in [5, 5.41) is 0. The molecular weight excluding hydrogens is 148 g/mol. The monoisotopic (exact) mass is 162 g/mol. The molecule has 0 saturated heterocycles. The Labute approximate surface area is 72.8 Å². The van der Waals surface area contributed by atoms with E-state index >= 15 is 0 Å². The third-order valence-corrected chi connectivity index (χ3v) is 4.45. The van der Waals surface area contributed by atoms with Gasteiger partial charge in [0.25, 0.3) is 0 Å². The van der Waals surface area contributed by atoms with Gasteiger partial charge in [-0.2, -0.15) is 0 Å². The zero-order chi connectivity index (χ0) is 8.51. The maximum absolute atomic E-state index is 11.3. The first-order valence-corrected chi connectivity index (χ1v) is 4.84. The van der Waals surface area contributed by atoms with Gasteiger partial charge in [-0.25, -0.2) is 0 Å². The van der Waals surface area contributed by atoms with Crippen LogP contribution in [0.3, 0.4) is 0 Å². The van der Waals surface area contributed by atoms with Crippen molar-refractivity contribution in [2.24, 2.45) is 29.1 Å². The van der Waals surface area contributed by atoms with Crippen LogP contribution < -0.4 is 0 Å². The van der Waals surface area contributed by atoms with E-state index in [1.807, 2.05) is 0 Å². The molecule has 3 aliphatic carbocycles. The van der Waals surface area contributed by atoms with Gasteiger partial charge in [0, 0.05) is 5.92 Å². The predicted octanol–water partition coefficient (Wildman–Crippen LogP) is 2.03. The van der Waals surface area contributed by atoms with E-state index in [0.29, 0.717) is 23.0 Å². The smallest absolute Gasteiger partial charge is 0.133 e. The molecule has 0 amide bonds. The van der Waals surface area contributed by atoms with E-state index in [4.69, 9.17) is 0 Å². The Bertz CT molecular complexity index is 291. The highest BCUT2D eigenvalue weighted by Crippen LogP contribution is 2.75. The average molecular weight is 162 g/mol. The molecule has 3 rings (SSSR count). The second kappa shape index (κ2) is 1.68. The lowest BCUT2D eigenvalue weighted by molar-refractivity contribution is -0.119. The van der Waals surface area contributed by atoms with Crippen molar-refractivity contribution in [3.05, 3.63) is 12.2 Å². The highest BCUT2D eigenvalue weighted by molar-refractivity contribution is 5.84. The minimum atomic E-state index is 0.380. The topological polar surface area (TPSA) is 17.1 Å². The second-order valence-corrected chi connectivity index (χ2v) is 4.87. The van der Waals surface area contributed by atoms with E-state index in [9.17, 15) is 4.79 Å². The van der Waals surface area contributed by atoms with Gasteiger partial charge in [-0.05, 0) is 36.5 Å². The van der Waals surface area contributed by atoms with Gasteiger partial charge >= 0.3 is 0 Å². The Morgan fingerprint density at radius 3 is 2.75 bits per heavy atom. The van der Waals surface area contributed by atoms with Crippen molar-refractivity contribution in [1.82, 2.24) is 0 Å². The average Bonchev–Trinajstić information content (AvgIpc) is 2.40. The van der Waals surface area contributed by atoms with Crippen molar-refractivity contribution < 1.29 is 4.79 Å². The number of rotatable bonds is 1. The van der Waals surface area contributed by atoms with E-state index in [1.54, 1.807) is 6.92 Å². The van der Waals surface area contributed by atoms with Gasteiger partial charge in [0.2, 0.25) is 0 Å². The summed E-state index contributed by atoms with van der Waals surface area (Å²) in [6, 6.07) is 0. The fourth-order valence-corrected chi connectivity index (χ4v) is 3.90. The summed E-state index contributed by atoms with van der Waals surface area (Å²) in [5.74, 6) is 3.00. The highest BCUT2D eigenvalue weighted by Gasteiger charge is 2.73. The molecule has 0 aromatic heterocycles. The van der Waals surface area contributed by atoms with Crippen LogP contribution in [0, 0.1) is 29.1 Å². The van der Waals surface area contributed by atoms with E-state index in [1.165, 1.54) is 6.42 Å². The van der Waals surface area contributed by atoms with Crippen molar-refractivity contribution in [3.8, 4) is 0 Å². The molecule has 1 nitrogen and oxygen atoms in total. The molecule has 2 bridgehead atoms. The second-order valence-electron chi connectivity index (χ2n) is 4.87. The number of fused-ring (bicyclic) bond motifs is 5. The normalized spacial score (nSPS) is 58.8. The molecule has 5 atom stereocenters. The summed E-state index contributed by atoms with van der Waals surface area (Å²) < 4.78 is 0. The fraction of sp³-hybridized carbons (Fsp3) is 0.727. The molecule has 0 aromatic carbocycles. The Morgan fingerprint density at radius 1 is 1.50 bits per heavy atom. The number of hydrogen-bond donors (Lipinski definition) is 0. The van der Waals surface area contributed by atoms with E-state index in [-0.39, 0.29) is 0 Å². The minimum Gasteiger partial charge on any atom is -0.300 e. The van der Waals surface area contributed by atoms with Crippen LogP contribution in [0.25, 0.3) is 0 Å². The minimum absolute atomic E-state index is 0.380. The first-order chi connectivity index (χ1) is 5.65. The lowest BCUT2D eigenvalue weighted by atomic mass is 9.89. The summed E-state index contributed by atoms with van der Waals surface area (Å²) in [6.45, 7) is 4.06. The van der Waals surface area contributed by atoms with Gasteiger partial charge < -0.3 is 0 Å². The number of hydrogen-bond acceptors (Lipinski definition) is 1. The van der Waals surface area contributed by atoms with Crippen LogP contribution in [0.4, 0.5) is 0 Å². The quantitative estimate of drug-likeness (QED) is 0.539. The van der Waals surface area contributed by atoms with Crippen molar-refractivity contribution in [2.75, 3.05) is 0 Å². The molecule has 64 valence electrons. The summed E-state index contributed by atoms with van der Waals surface area (Å²) in [4.78, 5) is 11.3. The van der Waals surface area contributed by atoms with Crippen LogP contribution in [-0.4, -0.2) is 5.78 Å². The van der Waals surface area contributed by atoms with Gasteiger partial charge in [-0.3, -0.25) is 4.79 Å². The van der Waals surface area contributed by atoms with Crippen molar-refractivity contribution in [3.63, 3.8) is 0 Å². The number of allylic oxidation sites excluding steroid dienone is 2. The Kier molecular flexibility index (Phi) is 0.964. The number of carbonyl (C=O) groups is 1. The van der Waals surface area contributed by atoms with Crippen LogP contribution in [0.2, 0.25) is 0 Å². The maximum Gasteiger partial charge on any atom is 0.133 e. The molecule has 0 aliphatic heterocycles. The van der Waals surface area contributed by atoms with E-state index in [0.717, 1.165) is 11.8 Å². The lowest BCUT2D eigenvalue weighted by Crippen LogP contribution is -2.12. The van der Waals surface area contributed by atoms with Crippen LogP contribution in [-0.2, 0) is 4.79 Å². The third-order valence-electron chi connectivity index (χ3n) is 4.45. The van der Waals surface area contributed by atoms with E-state index < -0.39 is 0 Å². The molecule has 0 heterocycles. The van der Waals surface area contributed by atoms with Gasteiger partial charge in [0.15, 0.2) is 0 Å². The molecule has 0 spiro atoms. The SMILES string of the molecule is CC(=O)C1C2C3C=CC(C3)C12C. The molecule has 5 unspecified atom stereocenters. The molecule has 0 radical (unpaired) electrons. The maximum atomic E-state index is 11.3. The summed E-state index contributed by atoms with van der Waals surface area (Å²) >= 11 is 0. The Balaban J connectivity index is 1.99. The standard InChI is InChI=1S/C11H14O/c1-6(12)9-10-7-3-4-8(5-7)11(9,10)2/h3-4,7-10H,5H2,1-2H3. The van der Waals surface area contributed by atoms with Crippen molar-refractivity contribution >= 4 is 5.78 Å². The zero-order valence-electron chi connectivity index (χ0n) is 7.58. The first kappa shape index (κ1) is 6.88. The largest absolute Gasteiger partial charge is 0.300 e. The molecule has 2 saturated carbocycles. The number of carbonyl (C=O) groups excluding carboxylic acids is 1. The molecule has 3 aliphatic rings. The summed E-state index contributed by atoms with van der Waals surface area (Å²) in [7, 11) is 0. The summed E-state index contributed by atoms with van der Waals surface area (Å²) in [5.41, 5.74) is 0.380. The van der Waals surface area contributed by atoms with Gasteiger partial charge in [-0.1, -0.05) is 19.1 Å². The lowest BCUT2D eigenvalue weighted by Gasteiger charge is -2.14. The summed E-state index contributed by atoms with van der Waals surface area (Å²) in [6.07, 6.45) is 6.00. The first-order valence-electron chi connectivity index (χ1n) is 4.84. The predicted molar refractivity (Wildman–Crippen MR) is 46.5 cm³/mol. The molecule has 0 aromatic rings. The molecule has 2 fully saturated rings. The van der Waals surface area contributed by atoms with Crippen LogP contribution in [0.5, 0.6) is 0 Å². The highest BCUT2D eigenvalue weighted by atomic mass is 16.1. The molecular formula is C11H14O. The van der Waals surface area contributed by atoms with Gasteiger partial charge in [0.05, 0.1) is 0 Å².